The molecular weight excluding hydrogens is 246 g/mol. The van der Waals surface area contributed by atoms with E-state index in [2.05, 4.69) is 33.9 Å². The van der Waals surface area contributed by atoms with Crippen LogP contribution in [0, 0.1) is 12.8 Å². The van der Waals surface area contributed by atoms with Crippen LogP contribution in [-0.2, 0) is 4.74 Å². The van der Waals surface area contributed by atoms with Crippen LogP contribution in [0.5, 0.6) is 0 Å². The van der Waals surface area contributed by atoms with Crippen molar-refractivity contribution in [2.45, 2.75) is 33.2 Å². The molecule has 106 valence electrons. The summed E-state index contributed by atoms with van der Waals surface area (Å²) >= 11 is 0. The van der Waals surface area contributed by atoms with E-state index in [4.69, 9.17) is 0 Å². The number of hydrogen-bond acceptors (Lipinski definition) is 6. The van der Waals surface area contributed by atoms with Gasteiger partial charge in [0.2, 0.25) is 5.82 Å². The van der Waals surface area contributed by atoms with Gasteiger partial charge >= 0.3 is 5.97 Å². The third kappa shape index (κ3) is 4.82. The van der Waals surface area contributed by atoms with Crippen molar-refractivity contribution in [2.75, 3.05) is 19.0 Å². The van der Waals surface area contributed by atoms with Gasteiger partial charge < -0.3 is 15.2 Å². The molecule has 0 bridgehead atoms. The number of methoxy groups -OCH3 is 1. The molecule has 1 atom stereocenters. The third-order valence-corrected chi connectivity index (χ3v) is 2.55. The van der Waals surface area contributed by atoms with Gasteiger partial charge in [0.15, 0.2) is 0 Å². The SMILES string of the molecule is COC(=O)c1nc(C)cc(NC(CO)CC(C)C)n1. The van der Waals surface area contributed by atoms with E-state index >= 15 is 0 Å². The number of aromatic nitrogens is 2. The molecule has 6 nitrogen and oxygen atoms in total. The summed E-state index contributed by atoms with van der Waals surface area (Å²) in [6, 6.07) is 1.63. The Bertz CT molecular complexity index is 435. The van der Waals surface area contributed by atoms with Crippen molar-refractivity contribution in [1.82, 2.24) is 9.97 Å². The Balaban J connectivity index is 2.88. The summed E-state index contributed by atoms with van der Waals surface area (Å²) in [7, 11) is 1.29. The highest BCUT2D eigenvalue weighted by atomic mass is 16.5. The molecule has 0 amide bonds. The molecule has 6 heteroatoms. The predicted molar refractivity (Wildman–Crippen MR) is 72.1 cm³/mol. The van der Waals surface area contributed by atoms with Crippen molar-refractivity contribution in [1.29, 1.82) is 0 Å². The van der Waals surface area contributed by atoms with E-state index in [-0.39, 0.29) is 18.5 Å². The van der Waals surface area contributed by atoms with Crippen LogP contribution in [0.15, 0.2) is 6.07 Å². The monoisotopic (exact) mass is 267 g/mol. The first kappa shape index (κ1) is 15.4. The topological polar surface area (TPSA) is 84.3 Å². The van der Waals surface area contributed by atoms with Crippen LogP contribution in [0.3, 0.4) is 0 Å². The third-order valence-electron chi connectivity index (χ3n) is 2.55. The number of esters is 1. The van der Waals surface area contributed by atoms with Gasteiger partial charge in [0.1, 0.15) is 5.82 Å². The summed E-state index contributed by atoms with van der Waals surface area (Å²) in [6.45, 7) is 5.94. The zero-order valence-corrected chi connectivity index (χ0v) is 11.8. The van der Waals surface area contributed by atoms with Gasteiger partial charge in [-0.25, -0.2) is 14.8 Å². The lowest BCUT2D eigenvalue weighted by Gasteiger charge is -2.19. The number of nitrogens with zero attached hydrogens (tertiary/aromatic N) is 2. The molecule has 1 rings (SSSR count). The summed E-state index contributed by atoms with van der Waals surface area (Å²) in [6.07, 6.45) is 0.813. The van der Waals surface area contributed by atoms with Crippen molar-refractivity contribution in [3.63, 3.8) is 0 Å². The van der Waals surface area contributed by atoms with Gasteiger partial charge in [-0.15, -0.1) is 0 Å². The van der Waals surface area contributed by atoms with Crippen LogP contribution < -0.4 is 5.32 Å². The number of aliphatic hydroxyl groups excluding tert-OH is 1. The fourth-order valence-electron chi connectivity index (χ4n) is 1.78. The number of aryl methyl sites for hydroxylation is 1. The molecule has 0 saturated carbocycles. The fraction of sp³-hybridized carbons (Fsp3) is 0.615. The van der Waals surface area contributed by atoms with E-state index in [0.29, 0.717) is 17.4 Å². The highest BCUT2D eigenvalue weighted by Gasteiger charge is 2.14. The smallest absolute Gasteiger partial charge is 0.376 e. The molecule has 0 aliphatic rings. The fourth-order valence-corrected chi connectivity index (χ4v) is 1.78. The summed E-state index contributed by atoms with van der Waals surface area (Å²) < 4.78 is 4.60. The Morgan fingerprint density at radius 1 is 1.47 bits per heavy atom. The molecule has 0 saturated heterocycles. The van der Waals surface area contributed by atoms with Crippen LogP contribution in [0.2, 0.25) is 0 Å². The minimum absolute atomic E-state index is 0.00872. The highest BCUT2D eigenvalue weighted by Crippen LogP contribution is 2.12. The average molecular weight is 267 g/mol. The van der Waals surface area contributed by atoms with Gasteiger partial charge in [0.25, 0.3) is 0 Å². The van der Waals surface area contributed by atoms with Gasteiger partial charge in [0, 0.05) is 11.8 Å². The molecule has 0 aliphatic carbocycles. The molecule has 2 N–H and O–H groups in total. The van der Waals surface area contributed by atoms with Crippen molar-refractivity contribution < 1.29 is 14.6 Å². The van der Waals surface area contributed by atoms with Crippen LogP contribution in [0.1, 0.15) is 36.6 Å². The number of nitrogens with one attached hydrogen (secondary N) is 1. The molecule has 1 heterocycles. The Morgan fingerprint density at radius 3 is 2.68 bits per heavy atom. The zero-order valence-electron chi connectivity index (χ0n) is 11.8. The maximum Gasteiger partial charge on any atom is 0.376 e. The molecular formula is C13H21N3O3. The largest absolute Gasteiger partial charge is 0.463 e. The molecule has 1 aromatic rings. The molecule has 1 aromatic heterocycles. The van der Waals surface area contributed by atoms with Crippen LogP contribution in [0.4, 0.5) is 5.82 Å². The molecule has 0 aromatic carbocycles. The Morgan fingerprint density at radius 2 is 2.16 bits per heavy atom. The molecule has 0 spiro atoms. The zero-order chi connectivity index (χ0) is 14.4. The molecule has 19 heavy (non-hydrogen) atoms. The highest BCUT2D eigenvalue weighted by molar-refractivity contribution is 5.85. The second-order valence-corrected chi connectivity index (χ2v) is 4.86. The van der Waals surface area contributed by atoms with E-state index in [0.717, 1.165) is 6.42 Å². The first-order valence-corrected chi connectivity index (χ1v) is 6.27. The standard InChI is InChI=1S/C13H21N3O3/c1-8(2)5-10(7-17)15-11-6-9(3)14-12(16-11)13(18)19-4/h6,8,10,17H,5,7H2,1-4H3,(H,14,15,16). The first-order chi connectivity index (χ1) is 8.96. The first-order valence-electron chi connectivity index (χ1n) is 6.27. The van der Waals surface area contributed by atoms with Crippen LogP contribution in [-0.4, -0.2) is 40.8 Å². The number of carbonyl (C=O) groups excluding carboxylic acids is 1. The lowest BCUT2D eigenvalue weighted by molar-refractivity contribution is 0.0586. The van der Waals surface area contributed by atoms with Gasteiger partial charge in [-0.1, -0.05) is 13.8 Å². The van der Waals surface area contributed by atoms with Crippen molar-refractivity contribution in [2.24, 2.45) is 5.92 Å². The van der Waals surface area contributed by atoms with Gasteiger partial charge in [0.05, 0.1) is 19.8 Å². The molecule has 0 aliphatic heterocycles. The summed E-state index contributed by atoms with van der Waals surface area (Å²) in [4.78, 5) is 19.5. The Hall–Kier alpha value is -1.69. The van der Waals surface area contributed by atoms with Crippen molar-refractivity contribution in [3.8, 4) is 0 Å². The van der Waals surface area contributed by atoms with E-state index in [1.807, 2.05) is 0 Å². The Labute approximate surface area is 113 Å². The lowest BCUT2D eigenvalue weighted by Crippen LogP contribution is -2.26. The predicted octanol–water partition coefficient (Wildman–Crippen LogP) is 1.39. The van der Waals surface area contributed by atoms with Crippen LogP contribution in [0.25, 0.3) is 0 Å². The number of aliphatic hydroxyl groups is 1. The van der Waals surface area contributed by atoms with E-state index in [1.54, 1.807) is 13.0 Å². The molecule has 0 radical (unpaired) electrons. The van der Waals surface area contributed by atoms with Gasteiger partial charge in [-0.2, -0.15) is 0 Å². The maximum atomic E-state index is 11.4. The molecule has 0 fully saturated rings. The number of hydrogen-bond donors (Lipinski definition) is 2. The van der Waals surface area contributed by atoms with Crippen molar-refractivity contribution >= 4 is 11.8 Å². The maximum absolute atomic E-state index is 11.4. The summed E-state index contributed by atoms with van der Waals surface area (Å²) in [5, 5.41) is 12.4. The summed E-state index contributed by atoms with van der Waals surface area (Å²) in [5.41, 5.74) is 0.666. The second-order valence-electron chi connectivity index (χ2n) is 4.86. The average Bonchev–Trinajstić information content (AvgIpc) is 2.35. The van der Waals surface area contributed by atoms with Crippen LogP contribution >= 0.6 is 0 Å². The van der Waals surface area contributed by atoms with E-state index in [1.165, 1.54) is 7.11 Å². The number of anilines is 1. The summed E-state index contributed by atoms with van der Waals surface area (Å²) in [5.74, 6) is 0.419. The quantitative estimate of drug-likeness (QED) is 0.758. The number of ether oxygens (including phenoxy) is 1. The van der Waals surface area contributed by atoms with Crippen molar-refractivity contribution in [3.05, 3.63) is 17.6 Å². The van der Waals surface area contributed by atoms with Gasteiger partial charge in [-0.3, -0.25) is 0 Å². The minimum Gasteiger partial charge on any atom is -0.463 e. The lowest BCUT2D eigenvalue weighted by atomic mass is 10.0. The van der Waals surface area contributed by atoms with E-state index in [9.17, 15) is 9.90 Å². The Kier molecular flexibility index (Phi) is 5.69. The molecule has 1 unspecified atom stereocenters. The normalized spacial score (nSPS) is 12.3. The minimum atomic E-state index is -0.573. The van der Waals surface area contributed by atoms with E-state index < -0.39 is 5.97 Å². The number of carbonyl (C=O) groups is 1. The second kappa shape index (κ2) is 7.04. The number of rotatable bonds is 6. The van der Waals surface area contributed by atoms with Gasteiger partial charge in [-0.05, 0) is 19.3 Å².